The van der Waals surface area contributed by atoms with Crippen LogP contribution in [0.15, 0.2) is 24.3 Å². The van der Waals surface area contributed by atoms with Crippen LogP contribution in [0.5, 0.6) is 5.75 Å². The van der Waals surface area contributed by atoms with E-state index in [1.165, 1.54) is 38.5 Å². The van der Waals surface area contributed by atoms with Crippen molar-refractivity contribution < 1.29 is 9.53 Å². The van der Waals surface area contributed by atoms with Crippen LogP contribution < -0.4 is 10.1 Å². The topological polar surface area (TPSA) is 38.3 Å². The van der Waals surface area contributed by atoms with Crippen LogP contribution in [-0.4, -0.2) is 18.6 Å². The van der Waals surface area contributed by atoms with Crippen molar-refractivity contribution in [3.05, 3.63) is 29.8 Å². The number of nitrogens with one attached hydrogen (secondary N) is 1. The molecule has 0 heterocycles. The number of amides is 1. The van der Waals surface area contributed by atoms with Gasteiger partial charge >= 0.3 is 0 Å². The third-order valence-electron chi connectivity index (χ3n) is 7.23. The molecule has 5 rings (SSSR count). The predicted molar refractivity (Wildman–Crippen MR) is 104 cm³/mol. The fourth-order valence-electron chi connectivity index (χ4n) is 6.18. The third kappa shape index (κ3) is 3.50. The smallest absolute Gasteiger partial charge is 0.251 e. The highest BCUT2D eigenvalue weighted by Crippen LogP contribution is 2.61. The van der Waals surface area contributed by atoms with Crippen molar-refractivity contribution in [2.75, 3.05) is 6.61 Å². The summed E-state index contributed by atoms with van der Waals surface area (Å²) >= 11 is 0. The van der Waals surface area contributed by atoms with Gasteiger partial charge in [0.1, 0.15) is 5.75 Å². The maximum Gasteiger partial charge on any atom is 0.251 e. The summed E-state index contributed by atoms with van der Waals surface area (Å²) < 4.78 is 5.70. The van der Waals surface area contributed by atoms with E-state index in [4.69, 9.17) is 4.74 Å². The summed E-state index contributed by atoms with van der Waals surface area (Å²) in [4.78, 5) is 12.8. The van der Waals surface area contributed by atoms with Crippen LogP contribution in [0.2, 0.25) is 0 Å². The fourth-order valence-corrected chi connectivity index (χ4v) is 6.18. The monoisotopic (exact) mass is 355 g/mol. The van der Waals surface area contributed by atoms with Crippen molar-refractivity contribution >= 4 is 5.91 Å². The first-order valence-corrected chi connectivity index (χ1v) is 10.6. The average molecular weight is 356 g/mol. The Kier molecular flexibility index (Phi) is 4.98. The quantitative estimate of drug-likeness (QED) is 0.683. The lowest BCUT2D eigenvalue weighted by molar-refractivity contribution is -0.0688. The SMILES string of the molecule is CCCCOc1ccc(C(=O)N[C@H](C)C23CC4CC(CC(C4)C2)C3)cc1. The second kappa shape index (κ2) is 7.25. The molecular formula is C23H33NO2. The van der Waals surface area contributed by atoms with Gasteiger partial charge in [-0.25, -0.2) is 0 Å². The number of unbranched alkanes of at least 4 members (excludes halogenated alkanes) is 1. The Balaban J connectivity index is 1.37. The largest absolute Gasteiger partial charge is 0.494 e. The summed E-state index contributed by atoms with van der Waals surface area (Å²) in [5.41, 5.74) is 1.09. The third-order valence-corrected chi connectivity index (χ3v) is 7.23. The molecule has 26 heavy (non-hydrogen) atoms. The molecule has 4 aliphatic rings. The molecule has 142 valence electrons. The zero-order valence-electron chi connectivity index (χ0n) is 16.3. The maximum atomic E-state index is 12.8. The Morgan fingerprint density at radius 3 is 2.23 bits per heavy atom. The fraction of sp³-hybridized carbons (Fsp3) is 0.696. The molecule has 0 aliphatic heterocycles. The Morgan fingerprint density at radius 2 is 1.69 bits per heavy atom. The highest BCUT2D eigenvalue weighted by molar-refractivity contribution is 5.94. The molecule has 0 saturated heterocycles. The lowest BCUT2D eigenvalue weighted by Crippen LogP contribution is -2.55. The number of hydrogen-bond acceptors (Lipinski definition) is 2. The van der Waals surface area contributed by atoms with E-state index in [1.807, 2.05) is 24.3 Å². The van der Waals surface area contributed by atoms with E-state index in [-0.39, 0.29) is 11.9 Å². The minimum Gasteiger partial charge on any atom is -0.494 e. The molecule has 1 N–H and O–H groups in total. The van der Waals surface area contributed by atoms with Crippen LogP contribution in [0.3, 0.4) is 0 Å². The van der Waals surface area contributed by atoms with Crippen LogP contribution >= 0.6 is 0 Å². The standard InChI is InChI=1S/C23H33NO2/c1-3-4-9-26-21-7-5-20(6-8-21)22(25)24-16(2)23-13-17-10-18(14-23)12-19(11-17)15-23/h5-8,16-19H,3-4,9-15H2,1-2H3,(H,24,25)/t16-,17?,18?,19?,23?/m1/s1. The van der Waals surface area contributed by atoms with Gasteiger partial charge in [0.25, 0.3) is 5.91 Å². The number of carbonyl (C=O) groups is 1. The van der Waals surface area contributed by atoms with Crippen molar-refractivity contribution in [1.82, 2.24) is 5.32 Å². The van der Waals surface area contributed by atoms with E-state index >= 15 is 0 Å². The number of carbonyl (C=O) groups excluding carboxylic acids is 1. The van der Waals surface area contributed by atoms with Gasteiger partial charge in [0, 0.05) is 11.6 Å². The molecule has 0 aromatic heterocycles. The molecule has 0 spiro atoms. The summed E-state index contributed by atoms with van der Waals surface area (Å²) in [5, 5.41) is 3.35. The molecule has 4 bridgehead atoms. The van der Waals surface area contributed by atoms with Gasteiger partial charge in [0.15, 0.2) is 0 Å². The first-order chi connectivity index (χ1) is 12.6. The summed E-state index contributed by atoms with van der Waals surface area (Å²) in [6.07, 6.45) is 10.5. The van der Waals surface area contributed by atoms with E-state index in [1.54, 1.807) is 0 Å². The minimum atomic E-state index is 0.0633. The van der Waals surface area contributed by atoms with Gasteiger partial charge in [-0.3, -0.25) is 4.79 Å². The van der Waals surface area contributed by atoms with Crippen LogP contribution in [0, 0.1) is 23.2 Å². The number of hydrogen-bond donors (Lipinski definition) is 1. The molecule has 4 saturated carbocycles. The molecule has 1 aromatic rings. The van der Waals surface area contributed by atoms with Crippen molar-refractivity contribution in [2.45, 2.75) is 71.3 Å². The molecule has 4 fully saturated rings. The lowest BCUT2D eigenvalue weighted by atomic mass is 9.48. The molecule has 4 aliphatic carbocycles. The molecule has 3 heteroatoms. The Labute approximate surface area is 157 Å². The van der Waals surface area contributed by atoms with Gasteiger partial charge in [-0.1, -0.05) is 13.3 Å². The zero-order chi connectivity index (χ0) is 18.1. The molecule has 3 nitrogen and oxygen atoms in total. The molecule has 0 unspecified atom stereocenters. The predicted octanol–water partition coefficient (Wildman–Crippen LogP) is 5.20. The van der Waals surface area contributed by atoms with Gasteiger partial charge in [-0.15, -0.1) is 0 Å². The molecule has 1 atom stereocenters. The molecule has 1 amide bonds. The number of ether oxygens (including phenoxy) is 1. The lowest BCUT2D eigenvalue weighted by Gasteiger charge is -2.59. The van der Waals surface area contributed by atoms with Crippen molar-refractivity contribution in [2.24, 2.45) is 23.2 Å². The van der Waals surface area contributed by atoms with E-state index in [9.17, 15) is 4.79 Å². The first kappa shape index (κ1) is 17.9. The number of rotatable bonds is 7. The number of benzene rings is 1. The van der Waals surface area contributed by atoms with E-state index in [0.717, 1.165) is 48.5 Å². The molecular weight excluding hydrogens is 322 g/mol. The first-order valence-electron chi connectivity index (χ1n) is 10.6. The normalized spacial score (nSPS) is 33.1. The Bertz CT molecular complexity index is 601. The summed E-state index contributed by atoms with van der Waals surface area (Å²) in [5.74, 6) is 3.66. The maximum absolute atomic E-state index is 12.8. The van der Waals surface area contributed by atoms with Crippen LogP contribution in [0.4, 0.5) is 0 Å². The van der Waals surface area contributed by atoms with Crippen molar-refractivity contribution in [3.8, 4) is 5.75 Å². The van der Waals surface area contributed by atoms with Crippen LogP contribution in [0.1, 0.15) is 75.6 Å². The van der Waals surface area contributed by atoms with E-state index < -0.39 is 0 Å². The van der Waals surface area contributed by atoms with Gasteiger partial charge in [0.2, 0.25) is 0 Å². The summed E-state index contributed by atoms with van der Waals surface area (Å²) in [6.45, 7) is 5.14. The van der Waals surface area contributed by atoms with Gasteiger partial charge in [-0.2, -0.15) is 0 Å². The highest BCUT2D eigenvalue weighted by atomic mass is 16.5. The zero-order valence-corrected chi connectivity index (χ0v) is 16.3. The molecule has 1 aromatic carbocycles. The average Bonchev–Trinajstić information content (AvgIpc) is 2.61. The Morgan fingerprint density at radius 1 is 1.12 bits per heavy atom. The van der Waals surface area contributed by atoms with Crippen molar-refractivity contribution in [1.29, 1.82) is 0 Å². The second-order valence-corrected chi connectivity index (χ2v) is 9.20. The minimum absolute atomic E-state index is 0.0633. The second-order valence-electron chi connectivity index (χ2n) is 9.20. The van der Waals surface area contributed by atoms with Crippen molar-refractivity contribution in [3.63, 3.8) is 0 Å². The highest BCUT2D eigenvalue weighted by Gasteiger charge is 2.53. The van der Waals surface area contributed by atoms with Gasteiger partial charge in [-0.05, 0) is 99.3 Å². The summed E-state index contributed by atoms with van der Waals surface area (Å²) in [6, 6.07) is 7.88. The van der Waals surface area contributed by atoms with Crippen LogP contribution in [-0.2, 0) is 0 Å². The van der Waals surface area contributed by atoms with Crippen LogP contribution in [0.25, 0.3) is 0 Å². The van der Waals surface area contributed by atoms with E-state index in [0.29, 0.717) is 5.41 Å². The van der Waals surface area contributed by atoms with Gasteiger partial charge in [0.05, 0.1) is 6.61 Å². The van der Waals surface area contributed by atoms with Gasteiger partial charge < -0.3 is 10.1 Å². The van der Waals surface area contributed by atoms with E-state index in [2.05, 4.69) is 19.2 Å². The Hall–Kier alpha value is -1.51. The molecule has 0 radical (unpaired) electrons. The summed E-state index contributed by atoms with van der Waals surface area (Å²) in [7, 11) is 0.